The number of piperidine rings is 1. The molecule has 2 atom stereocenters. The fourth-order valence-corrected chi connectivity index (χ4v) is 3.21. The number of nitrogens with zero attached hydrogens (tertiary/aromatic N) is 2. The minimum Gasteiger partial charge on any atom is -0.411 e. The zero-order chi connectivity index (χ0) is 11.7. The number of hydrogen-bond donors (Lipinski definition) is 1. The number of oxime groups is 1. The molecule has 2 fully saturated rings. The first-order valence-corrected chi connectivity index (χ1v) is 6.36. The quantitative estimate of drug-likeness (QED) is 0.626. The van der Waals surface area contributed by atoms with Crippen molar-refractivity contribution in [2.45, 2.75) is 44.3 Å². The van der Waals surface area contributed by atoms with Gasteiger partial charge >= 0.3 is 0 Å². The molecule has 1 aromatic rings. The monoisotopic (exact) mass is 230 g/mol. The molecule has 1 aromatic carbocycles. The van der Waals surface area contributed by atoms with Gasteiger partial charge in [-0.15, -0.1) is 0 Å². The maximum Gasteiger partial charge on any atom is 0.0601 e. The van der Waals surface area contributed by atoms with E-state index in [4.69, 9.17) is 5.21 Å². The van der Waals surface area contributed by atoms with Crippen molar-refractivity contribution in [2.75, 3.05) is 0 Å². The van der Waals surface area contributed by atoms with Crippen LogP contribution in [0.3, 0.4) is 0 Å². The largest absolute Gasteiger partial charge is 0.411 e. The molecule has 2 bridgehead atoms. The van der Waals surface area contributed by atoms with E-state index >= 15 is 0 Å². The summed E-state index contributed by atoms with van der Waals surface area (Å²) in [5.74, 6) is 0. The van der Waals surface area contributed by atoms with Gasteiger partial charge in [-0.3, -0.25) is 4.90 Å². The predicted octanol–water partition coefficient (Wildman–Crippen LogP) is 2.64. The molecule has 0 saturated carbocycles. The third kappa shape index (κ3) is 2.07. The van der Waals surface area contributed by atoms with E-state index in [9.17, 15) is 0 Å². The summed E-state index contributed by atoms with van der Waals surface area (Å²) in [6.45, 7) is 1.04. The standard InChI is InChI=1S/C14H18N2O/c17-15-12-8-13-6-7-14(9-12)16(13)10-11-4-2-1-3-5-11/h1-5,13-14,17H,6-10H2/b15-12-/t13?,14-/m1/s1. The highest BCUT2D eigenvalue weighted by molar-refractivity contribution is 5.86. The van der Waals surface area contributed by atoms with Crippen LogP contribution in [0.1, 0.15) is 31.2 Å². The van der Waals surface area contributed by atoms with Gasteiger partial charge in [0.25, 0.3) is 0 Å². The van der Waals surface area contributed by atoms with E-state index in [0.29, 0.717) is 12.1 Å². The summed E-state index contributed by atoms with van der Waals surface area (Å²) < 4.78 is 0. The molecule has 3 heteroatoms. The molecule has 0 amide bonds. The van der Waals surface area contributed by atoms with Crippen molar-refractivity contribution < 1.29 is 5.21 Å². The van der Waals surface area contributed by atoms with Crippen LogP contribution in [0.4, 0.5) is 0 Å². The zero-order valence-electron chi connectivity index (χ0n) is 9.92. The van der Waals surface area contributed by atoms with E-state index in [1.54, 1.807) is 0 Å². The van der Waals surface area contributed by atoms with E-state index in [-0.39, 0.29) is 0 Å². The molecule has 0 radical (unpaired) electrons. The van der Waals surface area contributed by atoms with Crippen LogP contribution < -0.4 is 0 Å². The Hall–Kier alpha value is -1.35. The normalized spacial score (nSPS) is 30.9. The van der Waals surface area contributed by atoms with Crippen LogP contribution in [0.25, 0.3) is 0 Å². The highest BCUT2D eigenvalue weighted by Crippen LogP contribution is 2.35. The van der Waals surface area contributed by atoms with Crippen LogP contribution >= 0.6 is 0 Å². The average Bonchev–Trinajstić information content (AvgIpc) is 2.63. The summed E-state index contributed by atoms with van der Waals surface area (Å²) in [7, 11) is 0. The maximum absolute atomic E-state index is 8.90. The average molecular weight is 230 g/mol. The Morgan fingerprint density at radius 3 is 2.35 bits per heavy atom. The summed E-state index contributed by atoms with van der Waals surface area (Å²) in [5, 5.41) is 12.3. The molecule has 2 saturated heterocycles. The number of benzene rings is 1. The maximum atomic E-state index is 8.90. The van der Waals surface area contributed by atoms with Gasteiger partial charge in [0.05, 0.1) is 5.71 Å². The Labute approximate surface area is 102 Å². The molecular weight excluding hydrogens is 212 g/mol. The van der Waals surface area contributed by atoms with Crippen molar-refractivity contribution in [2.24, 2.45) is 5.16 Å². The van der Waals surface area contributed by atoms with Crippen molar-refractivity contribution in [3.05, 3.63) is 35.9 Å². The molecule has 0 aromatic heterocycles. The molecule has 1 unspecified atom stereocenters. The van der Waals surface area contributed by atoms with Gasteiger partial charge in [-0.2, -0.15) is 0 Å². The van der Waals surface area contributed by atoms with Crippen LogP contribution in [0.5, 0.6) is 0 Å². The fourth-order valence-electron chi connectivity index (χ4n) is 3.21. The van der Waals surface area contributed by atoms with Gasteiger partial charge in [0.2, 0.25) is 0 Å². The van der Waals surface area contributed by atoms with Gasteiger partial charge < -0.3 is 5.21 Å². The third-order valence-electron chi connectivity index (χ3n) is 4.06. The highest BCUT2D eigenvalue weighted by Gasteiger charge is 2.39. The summed E-state index contributed by atoms with van der Waals surface area (Å²) >= 11 is 0. The second-order valence-electron chi connectivity index (χ2n) is 5.12. The molecular formula is C14H18N2O. The molecule has 2 aliphatic rings. The van der Waals surface area contributed by atoms with E-state index in [0.717, 1.165) is 25.1 Å². The SMILES string of the molecule is O/N=C1/CC2CC[C@H](C1)N2Cc1ccccc1. The molecule has 0 spiro atoms. The van der Waals surface area contributed by atoms with Crippen molar-refractivity contribution >= 4 is 5.71 Å². The predicted molar refractivity (Wildman–Crippen MR) is 67.3 cm³/mol. The Balaban J connectivity index is 1.74. The zero-order valence-corrected chi connectivity index (χ0v) is 9.92. The Morgan fingerprint density at radius 2 is 1.76 bits per heavy atom. The van der Waals surface area contributed by atoms with Crippen molar-refractivity contribution in [3.8, 4) is 0 Å². The molecule has 2 heterocycles. The van der Waals surface area contributed by atoms with Gasteiger partial charge in [0.15, 0.2) is 0 Å². The summed E-state index contributed by atoms with van der Waals surface area (Å²) in [6.07, 6.45) is 4.38. The third-order valence-corrected chi connectivity index (χ3v) is 4.06. The van der Waals surface area contributed by atoms with Crippen LogP contribution in [-0.2, 0) is 6.54 Å². The second-order valence-corrected chi connectivity index (χ2v) is 5.12. The lowest BCUT2D eigenvalue weighted by Gasteiger charge is -2.35. The highest BCUT2D eigenvalue weighted by atomic mass is 16.4. The van der Waals surface area contributed by atoms with Gasteiger partial charge in [-0.1, -0.05) is 35.5 Å². The minimum absolute atomic E-state index is 0.583. The van der Waals surface area contributed by atoms with E-state index < -0.39 is 0 Å². The number of fused-ring (bicyclic) bond motifs is 2. The Bertz CT molecular complexity index is 399. The first-order chi connectivity index (χ1) is 8.36. The molecule has 2 aliphatic heterocycles. The van der Waals surface area contributed by atoms with Gasteiger partial charge in [0, 0.05) is 31.5 Å². The molecule has 0 aliphatic carbocycles. The molecule has 90 valence electrons. The van der Waals surface area contributed by atoms with Crippen molar-refractivity contribution in [1.29, 1.82) is 0 Å². The smallest absolute Gasteiger partial charge is 0.0601 e. The molecule has 3 nitrogen and oxygen atoms in total. The summed E-state index contributed by atoms with van der Waals surface area (Å²) in [4.78, 5) is 2.59. The molecule has 1 N–H and O–H groups in total. The lowest BCUT2D eigenvalue weighted by atomic mass is 10.00. The topological polar surface area (TPSA) is 35.8 Å². The van der Waals surface area contributed by atoms with Crippen LogP contribution in [0.2, 0.25) is 0 Å². The lowest BCUT2D eigenvalue weighted by Crippen LogP contribution is -2.42. The van der Waals surface area contributed by atoms with Crippen LogP contribution in [0.15, 0.2) is 35.5 Å². The van der Waals surface area contributed by atoms with Crippen LogP contribution in [-0.4, -0.2) is 27.9 Å². The summed E-state index contributed by atoms with van der Waals surface area (Å²) in [6, 6.07) is 11.8. The first kappa shape index (κ1) is 10.8. The molecule has 17 heavy (non-hydrogen) atoms. The molecule has 3 rings (SSSR count). The van der Waals surface area contributed by atoms with E-state index in [1.165, 1.54) is 18.4 Å². The van der Waals surface area contributed by atoms with Crippen molar-refractivity contribution in [3.63, 3.8) is 0 Å². The Kier molecular flexibility index (Phi) is 2.85. The van der Waals surface area contributed by atoms with Crippen LogP contribution in [0, 0.1) is 0 Å². The van der Waals surface area contributed by atoms with Gasteiger partial charge in [-0.05, 0) is 18.4 Å². The van der Waals surface area contributed by atoms with E-state index in [1.807, 2.05) is 0 Å². The first-order valence-electron chi connectivity index (χ1n) is 6.36. The summed E-state index contributed by atoms with van der Waals surface area (Å²) in [5.41, 5.74) is 2.37. The fraction of sp³-hybridized carbons (Fsp3) is 0.500. The Morgan fingerprint density at radius 1 is 1.12 bits per heavy atom. The number of rotatable bonds is 2. The lowest BCUT2D eigenvalue weighted by molar-refractivity contribution is 0.171. The minimum atomic E-state index is 0.583. The van der Waals surface area contributed by atoms with Gasteiger partial charge in [0.1, 0.15) is 0 Å². The van der Waals surface area contributed by atoms with E-state index in [2.05, 4.69) is 40.4 Å². The number of hydrogen-bond acceptors (Lipinski definition) is 3. The van der Waals surface area contributed by atoms with Gasteiger partial charge in [-0.25, -0.2) is 0 Å². The second kappa shape index (κ2) is 4.49. The van der Waals surface area contributed by atoms with Crippen molar-refractivity contribution in [1.82, 2.24) is 4.90 Å².